The molecule has 4 aromatic carbocycles. The van der Waals surface area contributed by atoms with Gasteiger partial charge in [-0.15, -0.1) is 23.1 Å². The number of halogens is 3. The molecule has 0 spiro atoms. The van der Waals surface area contributed by atoms with Gasteiger partial charge in [0.15, 0.2) is 5.13 Å². The van der Waals surface area contributed by atoms with Crippen molar-refractivity contribution in [2.45, 2.75) is 4.90 Å². The highest BCUT2D eigenvalue weighted by Crippen LogP contribution is 2.29. The molecule has 12 heteroatoms. The lowest BCUT2D eigenvalue weighted by atomic mass is 10.1. The zero-order valence-electron chi connectivity index (χ0n) is 23.2. The molecule has 0 fully saturated rings. The second-order valence-corrected chi connectivity index (χ2v) is 13.0. The molecule has 0 aliphatic rings. The molecule has 1 aromatic heterocycles. The molecule has 5 aromatic rings. The van der Waals surface area contributed by atoms with Crippen molar-refractivity contribution in [3.8, 4) is 11.3 Å². The second-order valence-electron chi connectivity index (χ2n) is 9.38. The first-order chi connectivity index (χ1) is 21.7. The van der Waals surface area contributed by atoms with E-state index in [9.17, 15) is 14.4 Å². The van der Waals surface area contributed by atoms with Crippen molar-refractivity contribution in [1.82, 2.24) is 10.3 Å². The summed E-state index contributed by atoms with van der Waals surface area (Å²) >= 11 is 18.6. The van der Waals surface area contributed by atoms with Gasteiger partial charge in [0.25, 0.3) is 11.8 Å². The second kappa shape index (κ2) is 15.4. The minimum atomic E-state index is -0.569. The third-order valence-corrected chi connectivity index (χ3v) is 9.28. The van der Waals surface area contributed by atoms with Crippen molar-refractivity contribution in [3.05, 3.63) is 134 Å². The maximum atomic E-state index is 13.4. The van der Waals surface area contributed by atoms with Gasteiger partial charge in [-0.05, 0) is 60.2 Å². The predicted octanol–water partition coefficient (Wildman–Crippen LogP) is 9.02. The summed E-state index contributed by atoms with van der Waals surface area (Å²) in [7, 11) is 0. The number of nitrogens with one attached hydrogen (secondary N) is 3. The molecule has 45 heavy (non-hydrogen) atoms. The van der Waals surface area contributed by atoms with Crippen LogP contribution in [0, 0.1) is 0 Å². The lowest BCUT2D eigenvalue weighted by molar-refractivity contribution is -0.114. The Kier molecular flexibility index (Phi) is 11.1. The normalized spacial score (nSPS) is 11.1. The Balaban J connectivity index is 1.24. The van der Waals surface area contributed by atoms with Gasteiger partial charge in [-0.1, -0.05) is 87.7 Å². The number of thiazole rings is 1. The van der Waals surface area contributed by atoms with E-state index in [0.29, 0.717) is 27.0 Å². The molecule has 3 amide bonds. The first-order valence-electron chi connectivity index (χ1n) is 13.3. The van der Waals surface area contributed by atoms with Gasteiger partial charge in [-0.3, -0.25) is 14.4 Å². The average Bonchev–Trinajstić information content (AvgIpc) is 3.51. The average molecular weight is 739 g/mol. The summed E-state index contributed by atoms with van der Waals surface area (Å²) in [4.78, 5) is 44.3. The summed E-state index contributed by atoms with van der Waals surface area (Å²) in [5.41, 5.74) is 3.02. The number of aromatic nitrogens is 1. The Bertz CT molecular complexity index is 1880. The molecule has 5 rings (SSSR count). The van der Waals surface area contributed by atoms with Crippen LogP contribution in [0.1, 0.15) is 15.9 Å². The molecular formula is C33H23BrCl2N4O3S2. The van der Waals surface area contributed by atoms with E-state index in [-0.39, 0.29) is 22.4 Å². The Labute approximate surface area is 286 Å². The zero-order valence-corrected chi connectivity index (χ0v) is 28.0. The third kappa shape index (κ3) is 9.06. The van der Waals surface area contributed by atoms with Crippen LogP contribution in [0.25, 0.3) is 17.3 Å². The van der Waals surface area contributed by atoms with E-state index >= 15 is 0 Å². The van der Waals surface area contributed by atoms with Crippen molar-refractivity contribution >= 4 is 96.8 Å². The highest BCUT2D eigenvalue weighted by Gasteiger charge is 2.17. The van der Waals surface area contributed by atoms with Crippen LogP contribution in [0.2, 0.25) is 10.0 Å². The number of carbonyl (C=O) groups excluding carboxylic acids is 3. The first kappa shape index (κ1) is 32.5. The quantitative estimate of drug-likeness (QED) is 0.0982. The van der Waals surface area contributed by atoms with E-state index in [4.69, 9.17) is 23.2 Å². The van der Waals surface area contributed by atoms with E-state index in [1.807, 2.05) is 35.7 Å². The summed E-state index contributed by atoms with van der Waals surface area (Å²) in [5.74, 6) is -1.11. The fourth-order valence-electron chi connectivity index (χ4n) is 3.98. The number of carbonyl (C=O) groups is 3. The molecule has 1 heterocycles. The summed E-state index contributed by atoms with van der Waals surface area (Å²) in [6, 6.07) is 28.4. The van der Waals surface area contributed by atoms with E-state index in [1.165, 1.54) is 29.2 Å². The molecule has 0 aliphatic carbocycles. The lowest BCUT2D eigenvalue weighted by Gasteiger charge is -2.13. The van der Waals surface area contributed by atoms with Crippen molar-refractivity contribution in [2.75, 3.05) is 16.4 Å². The van der Waals surface area contributed by atoms with Crippen LogP contribution >= 0.6 is 62.2 Å². The fourth-order valence-corrected chi connectivity index (χ4v) is 6.10. The maximum Gasteiger partial charge on any atom is 0.272 e. The van der Waals surface area contributed by atoms with Crippen molar-refractivity contribution < 1.29 is 14.4 Å². The Morgan fingerprint density at radius 1 is 0.889 bits per heavy atom. The van der Waals surface area contributed by atoms with E-state index in [1.54, 1.807) is 66.7 Å². The topological polar surface area (TPSA) is 100 Å². The Morgan fingerprint density at radius 3 is 2.42 bits per heavy atom. The highest BCUT2D eigenvalue weighted by molar-refractivity contribution is 9.10. The van der Waals surface area contributed by atoms with Crippen molar-refractivity contribution in [1.29, 1.82) is 0 Å². The monoisotopic (exact) mass is 736 g/mol. The third-order valence-electron chi connectivity index (χ3n) is 6.16. The molecule has 0 bridgehead atoms. The molecule has 3 N–H and O–H groups in total. The maximum absolute atomic E-state index is 13.4. The lowest BCUT2D eigenvalue weighted by Crippen LogP contribution is -2.30. The number of rotatable bonds is 10. The first-order valence-corrected chi connectivity index (χ1v) is 16.7. The largest absolute Gasteiger partial charge is 0.321 e. The number of benzene rings is 4. The molecule has 0 saturated heterocycles. The van der Waals surface area contributed by atoms with Gasteiger partial charge < -0.3 is 16.0 Å². The van der Waals surface area contributed by atoms with Gasteiger partial charge in [-0.2, -0.15) is 0 Å². The van der Waals surface area contributed by atoms with Gasteiger partial charge in [0.2, 0.25) is 5.91 Å². The van der Waals surface area contributed by atoms with Crippen LogP contribution in [-0.2, 0) is 9.59 Å². The van der Waals surface area contributed by atoms with Gasteiger partial charge in [0, 0.05) is 31.6 Å². The van der Waals surface area contributed by atoms with Crippen LogP contribution < -0.4 is 16.0 Å². The minimum absolute atomic E-state index is 0.0311. The molecule has 0 aliphatic heterocycles. The molecule has 0 saturated carbocycles. The van der Waals surface area contributed by atoms with Gasteiger partial charge in [-0.25, -0.2) is 4.98 Å². The number of hydrogen-bond donors (Lipinski definition) is 3. The number of nitrogens with zero attached hydrogens (tertiary/aromatic N) is 1. The fraction of sp³-hybridized carbons (Fsp3) is 0.0303. The molecule has 0 unspecified atom stereocenters. The number of anilines is 2. The zero-order chi connectivity index (χ0) is 31.8. The Hall–Kier alpha value is -3.93. The van der Waals surface area contributed by atoms with Crippen LogP contribution in [0.15, 0.2) is 118 Å². The number of amides is 3. The molecule has 0 radical (unpaired) electrons. The van der Waals surface area contributed by atoms with Crippen LogP contribution in [0.4, 0.5) is 10.8 Å². The minimum Gasteiger partial charge on any atom is -0.321 e. The van der Waals surface area contributed by atoms with Crippen LogP contribution in [0.5, 0.6) is 0 Å². The standard InChI is InChI=1S/C33H23BrCl2N4O3S2/c34-23-14-12-20(13-15-23)28-18-45-33(39-28)40-29(41)19-44-25-10-5-9-24(17-25)37-32(43)27(16-22-8-4-11-26(35)30(22)36)38-31(42)21-6-2-1-3-7-21/h1-18H,19H2,(H,37,43)(H,38,42)(H,39,40,41)/b27-16+. The van der Waals surface area contributed by atoms with Crippen LogP contribution in [0.3, 0.4) is 0 Å². The van der Waals surface area contributed by atoms with E-state index < -0.39 is 11.8 Å². The highest BCUT2D eigenvalue weighted by atomic mass is 79.9. The summed E-state index contributed by atoms with van der Waals surface area (Å²) in [5, 5.41) is 11.3. The molecule has 226 valence electrons. The van der Waals surface area contributed by atoms with E-state index in [2.05, 4.69) is 36.9 Å². The summed E-state index contributed by atoms with van der Waals surface area (Å²) in [6.07, 6.45) is 1.47. The van der Waals surface area contributed by atoms with Crippen molar-refractivity contribution in [3.63, 3.8) is 0 Å². The van der Waals surface area contributed by atoms with Gasteiger partial charge in [0.1, 0.15) is 5.70 Å². The Morgan fingerprint density at radius 2 is 1.64 bits per heavy atom. The molecule has 0 atom stereocenters. The van der Waals surface area contributed by atoms with Crippen molar-refractivity contribution in [2.24, 2.45) is 0 Å². The molecular weight excluding hydrogens is 715 g/mol. The number of thioether (sulfide) groups is 1. The van der Waals surface area contributed by atoms with Gasteiger partial charge in [0.05, 0.1) is 21.5 Å². The number of hydrogen-bond acceptors (Lipinski definition) is 6. The predicted molar refractivity (Wildman–Crippen MR) is 188 cm³/mol. The van der Waals surface area contributed by atoms with E-state index in [0.717, 1.165) is 20.6 Å². The summed E-state index contributed by atoms with van der Waals surface area (Å²) in [6.45, 7) is 0. The SMILES string of the molecule is O=C(CSc1cccc(NC(=O)/C(=C\c2cccc(Cl)c2Cl)NC(=O)c2ccccc2)c1)Nc1nc(-c2ccc(Br)cc2)cs1. The smallest absolute Gasteiger partial charge is 0.272 e. The summed E-state index contributed by atoms with van der Waals surface area (Å²) < 4.78 is 0.977. The molecule has 7 nitrogen and oxygen atoms in total. The van der Waals surface area contributed by atoms with Crippen LogP contribution in [-0.4, -0.2) is 28.5 Å². The van der Waals surface area contributed by atoms with Gasteiger partial charge >= 0.3 is 0 Å².